The molecule has 0 fully saturated rings. The fraction of sp³-hybridized carbons (Fsp3) is 0.235. The SMILES string of the molecule is COC(=O)c1cccc(NC(C)c2cccc(F)c2)c1C. The number of anilines is 1. The maximum Gasteiger partial charge on any atom is 0.338 e. The fourth-order valence-electron chi connectivity index (χ4n) is 2.22. The molecule has 1 N–H and O–H groups in total. The van der Waals surface area contributed by atoms with Gasteiger partial charge in [0, 0.05) is 11.7 Å². The summed E-state index contributed by atoms with van der Waals surface area (Å²) >= 11 is 0. The molecule has 1 unspecified atom stereocenters. The van der Waals surface area contributed by atoms with Gasteiger partial charge in [-0.25, -0.2) is 9.18 Å². The van der Waals surface area contributed by atoms with E-state index in [1.807, 2.05) is 26.0 Å². The molecule has 21 heavy (non-hydrogen) atoms. The maximum atomic E-state index is 13.3. The number of halogens is 1. The first-order valence-electron chi connectivity index (χ1n) is 6.73. The zero-order chi connectivity index (χ0) is 15.4. The maximum absolute atomic E-state index is 13.3. The Morgan fingerprint density at radius 3 is 2.62 bits per heavy atom. The summed E-state index contributed by atoms with van der Waals surface area (Å²) in [6, 6.07) is 11.8. The summed E-state index contributed by atoms with van der Waals surface area (Å²) in [6.45, 7) is 3.80. The number of carbonyl (C=O) groups excluding carboxylic acids is 1. The van der Waals surface area contributed by atoms with Crippen LogP contribution < -0.4 is 5.32 Å². The van der Waals surface area contributed by atoms with Gasteiger partial charge < -0.3 is 10.1 Å². The summed E-state index contributed by atoms with van der Waals surface area (Å²) in [5.41, 5.74) is 3.01. The Bertz CT molecular complexity index is 655. The number of nitrogens with one attached hydrogen (secondary N) is 1. The second-order valence-electron chi connectivity index (χ2n) is 4.89. The van der Waals surface area contributed by atoms with E-state index in [0.29, 0.717) is 5.56 Å². The van der Waals surface area contributed by atoms with Gasteiger partial charge in [-0.2, -0.15) is 0 Å². The zero-order valence-electron chi connectivity index (χ0n) is 12.3. The molecule has 0 saturated heterocycles. The second kappa shape index (κ2) is 6.39. The average molecular weight is 287 g/mol. The lowest BCUT2D eigenvalue weighted by molar-refractivity contribution is 0.0600. The highest BCUT2D eigenvalue weighted by molar-refractivity contribution is 5.92. The van der Waals surface area contributed by atoms with Crippen LogP contribution in [0.1, 0.15) is 34.5 Å². The largest absolute Gasteiger partial charge is 0.465 e. The van der Waals surface area contributed by atoms with Crippen LogP contribution in [-0.2, 0) is 4.74 Å². The number of rotatable bonds is 4. The molecule has 0 heterocycles. The Balaban J connectivity index is 2.25. The minimum Gasteiger partial charge on any atom is -0.465 e. The van der Waals surface area contributed by atoms with E-state index in [9.17, 15) is 9.18 Å². The standard InChI is InChI=1S/C17H18FNO2/c1-11-15(17(20)21-3)8-5-9-16(11)19-12(2)13-6-4-7-14(18)10-13/h4-10,12,19H,1-3H3. The van der Waals surface area contributed by atoms with Gasteiger partial charge in [0.1, 0.15) is 5.82 Å². The molecule has 110 valence electrons. The van der Waals surface area contributed by atoms with Crippen LogP contribution in [0.15, 0.2) is 42.5 Å². The molecule has 0 amide bonds. The van der Waals surface area contributed by atoms with Gasteiger partial charge in [0.2, 0.25) is 0 Å². The minimum absolute atomic E-state index is 0.0766. The fourth-order valence-corrected chi connectivity index (χ4v) is 2.22. The normalized spacial score (nSPS) is 11.8. The third kappa shape index (κ3) is 3.40. The quantitative estimate of drug-likeness (QED) is 0.861. The van der Waals surface area contributed by atoms with Crippen molar-refractivity contribution in [3.63, 3.8) is 0 Å². The Kier molecular flexibility index (Phi) is 4.58. The Labute approximate surface area is 123 Å². The van der Waals surface area contributed by atoms with Crippen molar-refractivity contribution in [3.05, 3.63) is 65.0 Å². The number of carbonyl (C=O) groups is 1. The molecule has 3 nitrogen and oxygen atoms in total. The van der Waals surface area contributed by atoms with E-state index >= 15 is 0 Å². The number of methoxy groups -OCH3 is 1. The molecule has 0 radical (unpaired) electrons. The molecule has 2 aromatic rings. The molecule has 0 aliphatic carbocycles. The monoisotopic (exact) mass is 287 g/mol. The highest BCUT2D eigenvalue weighted by Gasteiger charge is 2.13. The lowest BCUT2D eigenvalue weighted by Gasteiger charge is -2.18. The van der Waals surface area contributed by atoms with E-state index in [1.54, 1.807) is 18.2 Å². The first-order chi connectivity index (χ1) is 10.0. The van der Waals surface area contributed by atoms with Crippen molar-refractivity contribution in [1.82, 2.24) is 0 Å². The summed E-state index contributed by atoms with van der Waals surface area (Å²) in [5.74, 6) is -0.629. The minimum atomic E-state index is -0.366. The topological polar surface area (TPSA) is 38.3 Å². The van der Waals surface area contributed by atoms with Crippen LogP contribution in [-0.4, -0.2) is 13.1 Å². The van der Waals surface area contributed by atoms with E-state index in [0.717, 1.165) is 16.8 Å². The van der Waals surface area contributed by atoms with Crippen molar-refractivity contribution in [1.29, 1.82) is 0 Å². The summed E-state index contributed by atoms with van der Waals surface area (Å²) in [5, 5.41) is 3.30. The van der Waals surface area contributed by atoms with E-state index in [1.165, 1.54) is 19.2 Å². The molecule has 0 aromatic heterocycles. The third-order valence-corrected chi connectivity index (χ3v) is 3.46. The number of esters is 1. The van der Waals surface area contributed by atoms with Crippen molar-refractivity contribution < 1.29 is 13.9 Å². The van der Waals surface area contributed by atoms with E-state index in [4.69, 9.17) is 4.74 Å². The molecule has 1 atom stereocenters. The second-order valence-corrected chi connectivity index (χ2v) is 4.89. The molecular formula is C17H18FNO2. The molecule has 2 rings (SSSR count). The van der Waals surface area contributed by atoms with Gasteiger partial charge in [-0.1, -0.05) is 18.2 Å². The summed E-state index contributed by atoms with van der Waals surface area (Å²) < 4.78 is 18.0. The number of benzene rings is 2. The molecule has 0 aliphatic heterocycles. The van der Waals surface area contributed by atoms with Crippen LogP contribution in [0, 0.1) is 12.7 Å². The Hall–Kier alpha value is -2.36. The van der Waals surface area contributed by atoms with E-state index < -0.39 is 0 Å². The van der Waals surface area contributed by atoms with Crippen LogP contribution in [0.4, 0.5) is 10.1 Å². The number of hydrogen-bond donors (Lipinski definition) is 1. The van der Waals surface area contributed by atoms with Gasteiger partial charge in [0.05, 0.1) is 12.7 Å². The predicted molar refractivity (Wildman–Crippen MR) is 81.0 cm³/mol. The first kappa shape index (κ1) is 15.0. The molecule has 0 aliphatic rings. The van der Waals surface area contributed by atoms with Gasteiger partial charge in [-0.3, -0.25) is 0 Å². The van der Waals surface area contributed by atoms with Crippen LogP contribution in [0.3, 0.4) is 0 Å². The first-order valence-corrected chi connectivity index (χ1v) is 6.73. The molecule has 0 saturated carbocycles. The Morgan fingerprint density at radius 1 is 1.24 bits per heavy atom. The van der Waals surface area contributed by atoms with Crippen LogP contribution in [0.5, 0.6) is 0 Å². The summed E-state index contributed by atoms with van der Waals surface area (Å²) in [7, 11) is 1.36. The molecule has 2 aromatic carbocycles. The zero-order valence-corrected chi connectivity index (χ0v) is 12.3. The molecule has 4 heteroatoms. The van der Waals surface area contributed by atoms with Gasteiger partial charge >= 0.3 is 5.97 Å². The lowest BCUT2D eigenvalue weighted by Crippen LogP contribution is -2.11. The van der Waals surface area contributed by atoms with Crippen molar-refractivity contribution in [3.8, 4) is 0 Å². The lowest BCUT2D eigenvalue weighted by atomic mass is 10.0. The van der Waals surface area contributed by atoms with Crippen molar-refractivity contribution in [2.24, 2.45) is 0 Å². The molecule has 0 spiro atoms. The van der Waals surface area contributed by atoms with E-state index in [-0.39, 0.29) is 17.8 Å². The molecular weight excluding hydrogens is 269 g/mol. The summed E-state index contributed by atoms with van der Waals surface area (Å²) in [6.07, 6.45) is 0. The summed E-state index contributed by atoms with van der Waals surface area (Å²) in [4.78, 5) is 11.7. The van der Waals surface area contributed by atoms with Gasteiger partial charge in [-0.05, 0) is 49.2 Å². The average Bonchev–Trinajstić information content (AvgIpc) is 2.48. The van der Waals surface area contributed by atoms with Crippen LogP contribution in [0.25, 0.3) is 0 Å². The molecule has 0 bridgehead atoms. The third-order valence-electron chi connectivity index (χ3n) is 3.46. The highest BCUT2D eigenvalue weighted by Crippen LogP contribution is 2.25. The number of ether oxygens (including phenoxy) is 1. The van der Waals surface area contributed by atoms with Crippen LogP contribution >= 0.6 is 0 Å². The number of hydrogen-bond acceptors (Lipinski definition) is 3. The Morgan fingerprint density at radius 2 is 1.95 bits per heavy atom. The van der Waals surface area contributed by atoms with Gasteiger partial charge in [-0.15, -0.1) is 0 Å². The van der Waals surface area contributed by atoms with Crippen molar-refractivity contribution in [2.45, 2.75) is 19.9 Å². The van der Waals surface area contributed by atoms with Crippen molar-refractivity contribution >= 4 is 11.7 Å². The van der Waals surface area contributed by atoms with E-state index in [2.05, 4.69) is 5.32 Å². The van der Waals surface area contributed by atoms with Gasteiger partial charge in [0.25, 0.3) is 0 Å². The smallest absolute Gasteiger partial charge is 0.338 e. The van der Waals surface area contributed by atoms with Gasteiger partial charge in [0.15, 0.2) is 0 Å². The predicted octanol–water partition coefficient (Wildman–Crippen LogP) is 4.09. The van der Waals surface area contributed by atoms with Crippen LogP contribution in [0.2, 0.25) is 0 Å². The highest BCUT2D eigenvalue weighted by atomic mass is 19.1. The van der Waals surface area contributed by atoms with Crippen molar-refractivity contribution in [2.75, 3.05) is 12.4 Å².